The minimum Gasteiger partial charge on any atom is -0.253 e. The second-order valence-corrected chi connectivity index (χ2v) is 10.5. The lowest BCUT2D eigenvalue weighted by Crippen LogP contribution is -2.25. The number of pyridine rings is 1. The Morgan fingerprint density at radius 1 is 0.690 bits per heavy atom. The summed E-state index contributed by atoms with van der Waals surface area (Å²) in [6, 6.07) is 35.5. The highest BCUT2D eigenvalue weighted by Gasteiger charge is 2.27. The molecule has 0 spiro atoms. The summed E-state index contributed by atoms with van der Waals surface area (Å²) in [5.74, 6) is 0. The summed E-state index contributed by atoms with van der Waals surface area (Å²) in [5, 5.41) is 3.57. The van der Waals surface area contributed by atoms with E-state index in [1.807, 2.05) is 30.3 Å². The predicted molar refractivity (Wildman–Crippen MR) is 129 cm³/mol. The van der Waals surface area contributed by atoms with E-state index in [9.17, 15) is 0 Å². The van der Waals surface area contributed by atoms with Crippen molar-refractivity contribution in [1.29, 1.82) is 0 Å². The predicted octanol–water partition coefficient (Wildman–Crippen LogP) is 5.99. The first-order chi connectivity index (χ1) is 14.2. The van der Waals surface area contributed by atoms with Gasteiger partial charge in [-0.15, -0.1) is 0 Å². The van der Waals surface area contributed by atoms with Gasteiger partial charge in [-0.1, -0.05) is 97.6 Å². The standard InChI is InChI=1S/C25H20BrN2P/c1-20(25-18-17-21(26)19-27-25)28-29(22-11-5-2-6-12-22,23-13-7-3-8-14-23)24-15-9-4-10-16-24/h2-19H,1H2. The van der Waals surface area contributed by atoms with Crippen molar-refractivity contribution < 1.29 is 0 Å². The van der Waals surface area contributed by atoms with E-state index in [-0.39, 0.29) is 0 Å². The Kier molecular flexibility index (Phi) is 5.89. The minimum atomic E-state index is -2.31. The lowest BCUT2D eigenvalue weighted by atomic mass is 10.3. The monoisotopic (exact) mass is 458 g/mol. The minimum absolute atomic E-state index is 0.683. The number of halogens is 1. The van der Waals surface area contributed by atoms with Gasteiger partial charge in [0.2, 0.25) is 0 Å². The van der Waals surface area contributed by atoms with Crippen LogP contribution in [0.2, 0.25) is 0 Å². The van der Waals surface area contributed by atoms with Gasteiger partial charge in [-0.05, 0) is 28.1 Å². The topological polar surface area (TPSA) is 25.2 Å². The third-order valence-electron chi connectivity index (χ3n) is 4.68. The highest BCUT2D eigenvalue weighted by atomic mass is 79.9. The Morgan fingerprint density at radius 2 is 1.14 bits per heavy atom. The summed E-state index contributed by atoms with van der Waals surface area (Å²) >= 11 is 3.45. The molecule has 4 rings (SSSR count). The van der Waals surface area contributed by atoms with E-state index in [0.717, 1.165) is 10.2 Å². The van der Waals surface area contributed by atoms with E-state index < -0.39 is 7.05 Å². The molecule has 1 heterocycles. The highest BCUT2D eigenvalue weighted by molar-refractivity contribution is 9.10. The van der Waals surface area contributed by atoms with Crippen molar-refractivity contribution in [2.75, 3.05) is 0 Å². The number of benzene rings is 3. The van der Waals surface area contributed by atoms with Crippen LogP contribution in [0, 0.1) is 0 Å². The molecule has 0 bridgehead atoms. The normalized spacial score (nSPS) is 11.1. The van der Waals surface area contributed by atoms with Crippen molar-refractivity contribution >= 4 is 44.6 Å². The molecule has 0 atom stereocenters. The van der Waals surface area contributed by atoms with Gasteiger partial charge in [0.25, 0.3) is 0 Å². The number of nitrogens with zero attached hydrogens (tertiary/aromatic N) is 2. The van der Waals surface area contributed by atoms with Gasteiger partial charge in [-0.25, -0.2) is 0 Å². The molecule has 0 saturated carbocycles. The first-order valence-corrected chi connectivity index (χ1v) is 11.8. The molecule has 142 valence electrons. The summed E-state index contributed by atoms with van der Waals surface area (Å²) in [6.07, 6.45) is 1.78. The Balaban J connectivity index is 2.05. The molecule has 0 amide bonds. The van der Waals surface area contributed by atoms with Crippen LogP contribution in [-0.4, -0.2) is 4.98 Å². The second kappa shape index (κ2) is 8.73. The largest absolute Gasteiger partial charge is 0.253 e. The van der Waals surface area contributed by atoms with Crippen LogP contribution >= 0.6 is 23.0 Å². The van der Waals surface area contributed by atoms with Gasteiger partial charge in [0, 0.05) is 26.6 Å². The highest BCUT2D eigenvalue weighted by Crippen LogP contribution is 2.48. The van der Waals surface area contributed by atoms with E-state index >= 15 is 0 Å². The summed E-state index contributed by atoms with van der Waals surface area (Å²) in [4.78, 5) is 4.52. The molecule has 0 aliphatic heterocycles. The van der Waals surface area contributed by atoms with Crippen LogP contribution in [0.3, 0.4) is 0 Å². The fourth-order valence-corrected chi connectivity index (χ4v) is 7.08. The van der Waals surface area contributed by atoms with Gasteiger partial charge in [0.15, 0.2) is 0 Å². The molecule has 0 saturated heterocycles. The first kappa shape index (κ1) is 19.6. The number of hydrogen-bond acceptors (Lipinski definition) is 2. The van der Waals surface area contributed by atoms with E-state index in [2.05, 4.69) is 100 Å². The second-order valence-electron chi connectivity index (χ2n) is 6.55. The third kappa shape index (κ3) is 4.03. The molecule has 0 N–H and O–H groups in total. The van der Waals surface area contributed by atoms with Crippen molar-refractivity contribution in [2.45, 2.75) is 0 Å². The molecule has 3 aromatic carbocycles. The Bertz CT molecular complexity index is 1050. The zero-order valence-electron chi connectivity index (χ0n) is 15.8. The first-order valence-electron chi connectivity index (χ1n) is 9.30. The van der Waals surface area contributed by atoms with Gasteiger partial charge < -0.3 is 0 Å². The van der Waals surface area contributed by atoms with Crippen LogP contribution in [0.5, 0.6) is 0 Å². The van der Waals surface area contributed by atoms with Crippen molar-refractivity contribution in [3.63, 3.8) is 0 Å². The fraction of sp³-hybridized carbons (Fsp3) is 0. The van der Waals surface area contributed by atoms with Crippen molar-refractivity contribution in [3.05, 3.63) is 126 Å². The van der Waals surface area contributed by atoms with Gasteiger partial charge in [0.05, 0.1) is 18.4 Å². The quantitative estimate of drug-likeness (QED) is 0.337. The smallest absolute Gasteiger partial charge is 0.0880 e. The van der Waals surface area contributed by atoms with Crippen molar-refractivity contribution in [3.8, 4) is 0 Å². The molecule has 2 nitrogen and oxygen atoms in total. The molecular formula is C25H20BrN2P. The molecule has 0 fully saturated rings. The summed E-state index contributed by atoms with van der Waals surface area (Å²) in [6.45, 7) is 4.30. The van der Waals surface area contributed by atoms with Crippen LogP contribution in [0.1, 0.15) is 5.69 Å². The van der Waals surface area contributed by atoms with Crippen molar-refractivity contribution in [2.24, 2.45) is 4.74 Å². The molecule has 0 aliphatic rings. The average molecular weight is 459 g/mol. The maximum atomic E-state index is 5.36. The van der Waals surface area contributed by atoms with Crippen molar-refractivity contribution in [1.82, 2.24) is 4.98 Å². The van der Waals surface area contributed by atoms with Crippen LogP contribution in [0.15, 0.2) is 125 Å². The summed E-state index contributed by atoms with van der Waals surface area (Å²) < 4.78 is 6.29. The van der Waals surface area contributed by atoms with Crippen LogP contribution in [0.25, 0.3) is 5.70 Å². The zero-order chi connectivity index (χ0) is 20.1. The molecule has 0 unspecified atom stereocenters. The van der Waals surface area contributed by atoms with Crippen LogP contribution in [0.4, 0.5) is 0 Å². The summed E-state index contributed by atoms with van der Waals surface area (Å²) in [5.41, 5.74) is 1.46. The molecular weight excluding hydrogens is 439 g/mol. The molecule has 4 heteroatoms. The number of rotatable bonds is 5. The number of aromatic nitrogens is 1. The van der Waals surface area contributed by atoms with E-state index in [1.165, 1.54) is 15.9 Å². The van der Waals surface area contributed by atoms with E-state index in [0.29, 0.717) is 5.70 Å². The lowest BCUT2D eigenvalue weighted by molar-refractivity contribution is 1.25. The fourth-order valence-electron chi connectivity index (χ4n) is 3.33. The van der Waals surface area contributed by atoms with Gasteiger partial charge >= 0.3 is 0 Å². The summed E-state index contributed by atoms with van der Waals surface area (Å²) in [7, 11) is -2.31. The van der Waals surface area contributed by atoms with E-state index in [4.69, 9.17) is 4.74 Å². The molecule has 4 aromatic rings. The van der Waals surface area contributed by atoms with Crippen LogP contribution < -0.4 is 15.9 Å². The van der Waals surface area contributed by atoms with Gasteiger partial charge in [-0.3, -0.25) is 9.73 Å². The maximum Gasteiger partial charge on any atom is 0.0880 e. The van der Waals surface area contributed by atoms with E-state index in [1.54, 1.807) is 6.20 Å². The Morgan fingerprint density at radius 3 is 1.52 bits per heavy atom. The molecule has 1 aromatic heterocycles. The molecule has 0 aliphatic carbocycles. The lowest BCUT2D eigenvalue weighted by Gasteiger charge is -2.27. The van der Waals surface area contributed by atoms with Crippen LogP contribution in [-0.2, 0) is 0 Å². The Labute approximate surface area is 180 Å². The third-order valence-corrected chi connectivity index (χ3v) is 8.83. The average Bonchev–Trinajstić information content (AvgIpc) is 2.79. The molecule has 0 radical (unpaired) electrons. The van der Waals surface area contributed by atoms with Gasteiger partial charge in [0.1, 0.15) is 0 Å². The Hall–Kier alpha value is -2.74. The molecule has 29 heavy (non-hydrogen) atoms. The van der Waals surface area contributed by atoms with Gasteiger partial charge in [-0.2, -0.15) is 0 Å². The SMILES string of the molecule is C=C(N=P(c1ccccc1)(c1ccccc1)c1ccccc1)c1ccc(Br)cn1. The number of hydrogen-bond donors (Lipinski definition) is 0. The maximum absolute atomic E-state index is 5.36. The zero-order valence-corrected chi connectivity index (χ0v) is 18.3.